The zero-order valence-electron chi connectivity index (χ0n) is 31.5. The summed E-state index contributed by atoms with van der Waals surface area (Å²) in [6.07, 6.45) is 2.56. The molecule has 0 radical (unpaired) electrons. The Morgan fingerprint density at radius 1 is 0.786 bits per heavy atom. The van der Waals surface area contributed by atoms with Gasteiger partial charge >= 0.3 is 0 Å². The number of aliphatic hydroxyl groups is 2. The maximum absolute atomic E-state index is 12.3. The molecule has 1 saturated heterocycles. The van der Waals surface area contributed by atoms with Crippen molar-refractivity contribution < 1.29 is 34.4 Å². The van der Waals surface area contributed by atoms with Gasteiger partial charge in [-0.2, -0.15) is 10.5 Å². The highest BCUT2D eigenvalue weighted by Crippen LogP contribution is 2.24. The summed E-state index contributed by atoms with van der Waals surface area (Å²) < 4.78 is 10.4. The van der Waals surface area contributed by atoms with E-state index in [1.165, 1.54) is 38.8 Å². The summed E-state index contributed by atoms with van der Waals surface area (Å²) in [5, 5.41) is 51.2. The molecule has 1 aliphatic rings. The first kappa shape index (κ1) is 45.9. The minimum atomic E-state index is -1.75. The zero-order chi connectivity index (χ0) is 41.7. The first-order valence-corrected chi connectivity index (χ1v) is 18.2. The average molecular weight is 824 g/mol. The summed E-state index contributed by atoms with van der Waals surface area (Å²) in [5.41, 5.74) is 1.51. The molecule has 290 valence electrons. The van der Waals surface area contributed by atoms with Gasteiger partial charge in [-0.25, -0.2) is 9.69 Å². The molecule has 56 heavy (non-hydrogen) atoms. The van der Waals surface area contributed by atoms with Gasteiger partial charge in [0.25, 0.3) is 11.8 Å². The maximum atomic E-state index is 12.3. The number of nitriles is 2. The van der Waals surface area contributed by atoms with Crippen LogP contribution in [0.5, 0.6) is 11.5 Å². The van der Waals surface area contributed by atoms with Crippen LogP contribution in [0.15, 0.2) is 84.9 Å². The van der Waals surface area contributed by atoms with Gasteiger partial charge in [-0.15, -0.1) is 0 Å². The number of ether oxygens (including phenoxy) is 2. The molecule has 0 bridgehead atoms. The third kappa shape index (κ3) is 15.6. The number of halogens is 1. The van der Waals surface area contributed by atoms with Crippen LogP contribution < -0.4 is 15.4 Å². The van der Waals surface area contributed by atoms with Crippen LogP contribution in [-0.2, 0) is 14.3 Å². The molecule has 4 aromatic carbocycles. The number of alkyl halides is 1. The van der Waals surface area contributed by atoms with Crippen molar-refractivity contribution in [3.8, 4) is 23.6 Å². The number of aryl methyl sites for hydroxylation is 2. The topological polar surface area (TPSA) is 194 Å². The zero-order valence-corrected chi connectivity index (χ0v) is 33.1. The number of carbonyl (C=O) groups excluding carboxylic acids is 2. The molecule has 5 N–H and O–H groups in total. The number of hydrogen-bond acceptors (Lipinski definition) is 9. The third-order valence-corrected chi connectivity index (χ3v) is 8.81. The lowest BCUT2D eigenvalue weighted by atomic mass is 10.1. The molecule has 1 fully saturated rings. The lowest BCUT2D eigenvalue weighted by Gasteiger charge is -2.22. The van der Waals surface area contributed by atoms with Gasteiger partial charge < -0.3 is 35.4 Å². The molecule has 1 heterocycles. The fourth-order valence-corrected chi connectivity index (χ4v) is 4.53. The van der Waals surface area contributed by atoms with E-state index < -0.39 is 23.0 Å². The van der Waals surface area contributed by atoms with Crippen LogP contribution in [0.1, 0.15) is 48.9 Å². The lowest BCUT2D eigenvalue weighted by Crippen LogP contribution is -2.45. The minimum Gasteiger partial charge on any atom is -0.508 e. The van der Waals surface area contributed by atoms with Crippen molar-refractivity contribution in [2.45, 2.75) is 51.7 Å². The lowest BCUT2D eigenvalue weighted by molar-refractivity contribution is -0.135. The SMILES string of the molecule is C1CCOC1.N#Cc1ccc(O)cc1.[C-]#[N+]c1ccc(NC(=O)[C@@](C)(O)CBr)cc1C.[C-]#[N+]c1ccc(NC(=O)[C@@](C)(O)COc2ccc(C#N)cc2)cc1C. The molecule has 5 rings (SSSR count). The number of amides is 2. The highest BCUT2D eigenvalue weighted by molar-refractivity contribution is 9.09. The maximum Gasteiger partial charge on any atom is 0.259 e. The second kappa shape index (κ2) is 22.8. The summed E-state index contributed by atoms with van der Waals surface area (Å²) in [6.45, 7) is 22.0. The number of anilines is 2. The number of nitrogens with one attached hydrogen (secondary N) is 2. The number of hydrogen-bond donors (Lipinski definition) is 5. The Morgan fingerprint density at radius 2 is 1.21 bits per heavy atom. The number of phenols is 1. The van der Waals surface area contributed by atoms with Crippen LogP contribution in [-0.4, -0.2) is 63.5 Å². The number of aromatic hydroxyl groups is 1. The van der Waals surface area contributed by atoms with E-state index in [9.17, 15) is 19.8 Å². The van der Waals surface area contributed by atoms with Crippen molar-refractivity contribution in [2.75, 3.05) is 35.8 Å². The largest absolute Gasteiger partial charge is 0.508 e. The van der Waals surface area contributed by atoms with Gasteiger partial charge in [-0.3, -0.25) is 9.59 Å². The second-order valence-electron chi connectivity index (χ2n) is 12.7. The van der Waals surface area contributed by atoms with Crippen molar-refractivity contribution in [3.63, 3.8) is 0 Å². The molecule has 0 unspecified atom stereocenters. The summed E-state index contributed by atoms with van der Waals surface area (Å²) in [6, 6.07) is 26.3. The normalized spacial score (nSPS) is 13.1. The molecular formula is C42H43BrN6O7. The molecule has 2 atom stereocenters. The molecule has 1 aliphatic heterocycles. The minimum absolute atomic E-state index is 0.158. The average Bonchev–Trinajstić information content (AvgIpc) is 3.79. The highest BCUT2D eigenvalue weighted by atomic mass is 79.9. The van der Waals surface area contributed by atoms with Crippen LogP contribution in [0.4, 0.5) is 22.7 Å². The van der Waals surface area contributed by atoms with Crippen molar-refractivity contribution in [1.29, 1.82) is 10.5 Å². The summed E-state index contributed by atoms with van der Waals surface area (Å²) in [5.74, 6) is -0.459. The Hall–Kier alpha value is -6.26. The quantitative estimate of drug-likeness (QED) is 0.0868. The molecule has 14 heteroatoms. The predicted octanol–water partition coefficient (Wildman–Crippen LogP) is 7.88. The Kier molecular flexibility index (Phi) is 18.7. The first-order chi connectivity index (χ1) is 26.6. The first-order valence-electron chi connectivity index (χ1n) is 17.1. The summed E-state index contributed by atoms with van der Waals surface area (Å²) in [4.78, 5) is 30.7. The van der Waals surface area contributed by atoms with Gasteiger partial charge in [-0.05, 0) is 124 Å². The van der Waals surface area contributed by atoms with Crippen molar-refractivity contribution >= 4 is 50.5 Å². The van der Waals surface area contributed by atoms with Crippen LogP contribution in [0.3, 0.4) is 0 Å². The molecule has 0 aliphatic carbocycles. The van der Waals surface area contributed by atoms with Gasteiger partial charge in [0.1, 0.15) is 23.7 Å². The van der Waals surface area contributed by atoms with Crippen LogP contribution in [0.2, 0.25) is 0 Å². The van der Waals surface area contributed by atoms with Gasteiger partial charge in [0, 0.05) is 29.9 Å². The van der Waals surface area contributed by atoms with Gasteiger partial charge in [0.15, 0.2) is 17.0 Å². The highest BCUT2D eigenvalue weighted by Gasteiger charge is 2.32. The molecule has 0 aromatic heterocycles. The van der Waals surface area contributed by atoms with Crippen molar-refractivity contribution in [3.05, 3.63) is 130 Å². The summed E-state index contributed by atoms with van der Waals surface area (Å²) >= 11 is 3.07. The van der Waals surface area contributed by atoms with Crippen LogP contribution in [0, 0.1) is 49.7 Å². The van der Waals surface area contributed by atoms with E-state index in [0.717, 1.165) is 24.3 Å². The van der Waals surface area contributed by atoms with Crippen LogP contribution >= 0.6 is 15.9 Å². The molecule has 2 amide bonds. The van der Waals surface area contributed by atoms with Gasteiger partial charge in [0.05, 0.1) is 36.4 Å². The van der Waals surface area contributed by atoms with E-state index in [4.69, 9.17) is 38.2 Å². The van der Waals surface area contributed by atoms with Crippen molar-refractivity contribution in [2.24, 2.45) is 0 Å². The molecular weight excluding hydrogens is 780 g/mol. The van der Waals surface area contributed by atoms with Crippen LogP contribution in [0.25, 0.3) is 9.69 Å². The molecule has 13 nitrogen and oxygen atoms in total. The van der Waals surface area contributed by atoms with E-state index >= 15 is 0 Å². The van der Waals surface area contributed by atoms with E-state index in [-0.39, 0.29) is 17.7 Å². The van der Waals surface area contributed by atoms with E-state index in [0.29, 0.717) is 39.6 Å². The third-order valence-electron chi connectivity index (χ3n) is 7.72. The molecule has 0 saturated carbocycles. The number of benzene rings is 4. The second-order valence-corrected chi connectivity index (χ2v) is 13.3. The van der Waals surface area contributed by atoms with Gasteiger partial charge in [0.2, 0.25) is 0 Å². The predicted molar refractivity (Wildman–Crippen MR) is 217 cm³/mol. The fraction of sp³-hybridized carbons (Fsp3) is 0.286. The standard InChI is InChI=1S/C19H17N3O3.C12H13BrN2O2.C7H5NO.C4H8O/c1-13-10-15(6-9-17(13)21-3)22-18(23)19(2,24)12-25-16-7-4-14(11-20)5-8-16;1-8-6-9(4-5-10(8)14-3)15-11(16)12(2,17)7-13;8-5-6-1-3-7(9)4-2-6;1-2-4-5-3-1/h4-10,24H,12H2,1-2H3,(H,22,23);4-6,17H,7H2,1-2H3,(H,15,16);1-4,9H;1-4H2/t19-;12-;;/m00../s1. The summed E-state index contributed by atoms with van der Waals surface area (Å²) in [7, 11) is 0. The van der Waals surface area contributed by atoms with E-state index in [2.05, 4.69) is 36.3 Å². The van der Waals surface area contributed by atoms with E-state index in [1.54, 1.807) is 86.6 Å². The monoisotopic (exact) mass is 822 g/mol. The molecule has 0 spiro atoms. The Labute approximate surface area is 335 Å². The smallest absolute Gasteiger partial charge is 0.259 e. The van der Waals surface area contributed by atoms with E-state index in [1.807, 2.05) is 12.1 Å². The van der Waals surface area contributed by atoms with Gasteiger partial charge in [-0.1, -0.05) is 28.1 Å². The fourth-order valence-electron chi connectivity index (χ4n) is 4.27. The Bertz CT molecular complexity index is 2080. The number of phenolic OH excluding ortho intramolecular Hbond substituents is 1. The molecule has 4 aromatic rings. The number of carbonyl (C=O) groups is 2. The number of nitrogens with zero attached hydrogens (tertiary/aromatic N) is 4. The number of rotatable bonds is 8. The van der Waals surface area contributed by atoms with Crippen molar-refractivity contribution in [1.82, 2.24) is 0 Å². The Balaban J connectivity index is 0.000000297. The Morgan fingerprint density at radius 3 is 1.57 bits per heavy atom.